The summed E-state index contributed by atoms with van der Waals surface area (Å²) in [7, 11) is 0. The van der Waals surface area contributed by atoms with E-state index in [2.05, 4.69) is 48.5 Å². The van der Waals surface area contributed by atoms with E-state index in [1.807, 2.05) is 12.1 Å². The second kappa shape index (κ2) is 12.3. The number of hydrogen-bond donors (Lipinski definition) is 0. The van der Waals surface area contributed by atoms with E-state index in [0.717, 1.165) is 48.4 Å². The summed E-state index contributed by atoms with van der Waals surface area (Å²) in [5.74, 6) is 0.0854. The number of pyridine rings is 1. The molecule has 3 aromatic rings. The van der Waals surface area contributed by atoms with Crippen LogP contribution in [0.4, 0.5) is 0 Å². The molecule has 3 rings (SSSR count). The molecular weight excluding hydrogens is 377 g/mol. The van der Waals surface area contributed by atoms with Gasteiger partial charge in [0, 0.05) is 11.4 Å². The summed E-state index contributed by atoms with van der Waals surface area (Å²) in [6, 6.07) is 20.9. The van der Waals surface area contributed by atoms with Gasteiger partial charge < -0.3 is 9.90 Å². The molecule has 0 aliphatic heterocycles. The van der Waals surface area contributed by atoms with Crippen molar-refractivity contribution in [2.75, 3.05) is 5.75 Å². The number of aromatic nitrogens is 1. The number of thioether (sulfide) groups is 1. The summed E-state index contributed by atoms with van der Waals surface area (Å²) in [4.78, 5) is 15.2. The smallest absolute Gasteiger partial charge is 0.550 e. The van der Waals surface area contributed by atoms with Gasteiger partial charge in [-0.15, -0.1) is 11.8 Å². The zero-order valence-corrected chi connectivity index (χ0v) is 19.2. The number of unbranched alkanes of at least 4 members (excludes halogenated alkanes) is 4. The maximum absolute atomic E-state index is 10.4. The van der Waals surface area contributed by atoms with Gasteiger partial charge in [0.05, 0.1) is 10.5 Å². The number of rotatable bonds is 10. The first-order valence-corrected chi connectivity index (χ1v) is 10.5. The quantitative estimate of drug-likeness (QED) is 0.297. The van der Waals surface area contributed by atoms with Crippen LogP contribution in [0, 0.1) is 0 Å². The molecular formula is C23H24NNaO2S. The van der Waals surface area contributed by atoms with Crippen LogP contribution in [0.15, 0.2) is 65.7 Å². The van der Waals surface area contributed by atoms with Crippen molar-refractivity contribution >= 4 is 28.6 Å². The molecule has 2 aromatic carbocycles. The normalized spacial score (nSPS) is 10.6. The van der Waals surface area contributed by atoms with Crippen LogP contribution in [0.1, 0.15) is 38.5 Å². The van der Waals surface area contributed by atoms with Gasteiger partial charge in [0.15, 0.2) is 0 Å². The molecule has 140 valence electrons. The summed E-state index contributed by atoms with van der Waals surface area (Å²) in [6.45, 7) is 0. The Balaban J connectivity index is 0.00000280. The van der Waals surface area contributed by atoms with E-state index in [0.29, 0.717) is 0 Å². The number of benzene rings is 2. The molecule has 0 atom stereocenters. The van der Waals surface area contributed by atoms with Crippen LogP contribution >= 0.6 is 11.8 Å². The SMILES string of the molecule is O=C([O-])CCCCCCCSc1cc(-c2ccccc2)c2ccccc2n1.[Na+]. The molecule has 0 radical (unpaired) electrons. The number of carboxylic acids is 1. The van der Waals surface area contributed by atoms with Gasteiger partial charge in [0.1, 0.15) is 0 Å². The fraction of sp³-hybridized carbons (Fsp3) is 0.304. The monoisotopic (exact) mass is 401 g/mol. The number of aliphatic carboxylic acids is 1. The Bertz CT molecular complexity index is 886. The Kier molecular flexibility index (Phi) is 10.1. The van der Waals surface area contributed by atoms with E-state index in [1.165, 1.54) is 16.5 Å². The molecule has 1 aromatic heterocycles. The van der Waals surface area contributed by atoms with Gasteiger partial charge in [-0.25, -0.2) is 4.98 Å². The minimum atomic E-state index is -0.942. The van der Waals surface area contributed by atoms with Crippen LogP contribution in [0.25, 0.3) is 22.0 Å². The number of carbonyl (C=O) groups excluding carboxylic acids is 1. The summed E-state index contributed by atoms with van der Waals surface area (Å²) in [5.41, 5.74) is 3.47. The molecule has 0 saturated heterocycles. The Morgan fingerprint density at radius 3 is 2.36 bits per heavy atom. The molecule has 1 heterocycles. The first kappa shape index (κ1) is 23.0. The van der Waals surface area contributed by atoms with Crippen LogP contribution in [-0.4, -0.2) is 16.7 Å². The van der Waals surface area contributed by atoms with Crippen LogP contribution in [-0.2, 0) is 4.79 Å². The van der Waals surface area contributed by atoms with E-state index in [-0.39, 0.29) is 36.0 Å². The molecule has 0 aliphatic rings. The molecule has 28 heavy (non-hydrogen) atoms. The van der Waals surface area contributed by atoms with E-state index in [1.54, 1.807) is 11.8 Å². The molecule has 0 N–H and O–H groups in total. The number of carbonyl (C=O) groups is 1. The van der Waals surface area contributed by atoms with E-state index in [9.17, 15) is 9.90 Å². The van der Waals surface area contributed by atoms with Crippen molar-refractivity contribution < 1.29 is 39.5 Å². The number of carboxylic acid groups (broad SMARTS) is 1. The summed E-state index contributed by atoms with van der Waals surface area (Å²) in [6.07, 6.45) is 5.18. The average molecular weight is 402 g/mol. The van der Waals surface area contributed by atoms with Gasteiger partial charge in [0.2, 0.25) is 0 Å². The topological polar surface area (TPSA) is 53.0 Å². The number of hydrogen-bond acceptors (Lipinski definition) is 4. The van der Waals surface area contributed by atoms with E-state index in [4.69, 9.17) is 4.98 Å². The fourth-order valence-corrected chi connectivity index (χ4v) is 4.08. The summed E-state index contributed by atoms with van der Waals surface area (Å²) < 4.78 is 0. The second-order valence-corrected chi connectivity index (χ2v) is 7.74. The number of fused-ring (bicyclic) bond motifs is 1. The second-order valence-electron chi connectivity index (χ2n) is 6.63. The Morgan fingerprint density at radius 2 is 1.57 bits per heavy atom. The predicted octanol–water partition coefficient (Wildman–Crippen LogP) is 2.09. The molecule has 0 spiro atoms. The van der Waals surface area contributed by atoms with E-state index < -0.39 is 5.97 Å². The first-order valence-electron chi connectivity index (χ1n) is 9.52. The first-order chi connectivity index (χ1) is 13.2. The molecule has 5 heteroatoms. The van der Waals surface area contributed by atoms with Crippen molar-refractivity contribution in [1.29, 1.82) is 0 Å². The molecule has 0 bridgehead atoms. The van der Waals surface area contributed by atoms with Gasteiger partial charge in [-0.3, -0.25) is 0 Å². The predicted molar refractivity (Wildman–Crippen MR) is 111 cm³/mol. The molecule has 0 saturated carbocycles. The van der Waals surface area contributed by atoms with Crippen molar-refractivity contribution in [2.45, 2.75) is 43.6 Å². The molecule has 0 amide bonds. The number of nitrogens with zero attached hydrogens (tertiary/aromatic N) is 1. The van der Waals surface area contributed by atoms with Gasteiger partial charge in [-0.1, -0.05) is 67.8 Å². The Hall–Kier alpha value is -1.33. The van der Waals surface area contributed by atoms with Gasteiger partial charge >= 0.3 is 29.6 Å². The fourth-order valence-electron chi connectivity index (χ4n) is 3.16. The zero-order chi connectivity index (χ0) is 18.9. The van der Waals surface area contributed by atoms with Gasteiger partial charge in [0.25, 0.3) is 0 Å². The molecule has 0 aliphatic carbocycles. The molecule has 3 nitrogen and oxygen atoms in total. The molecule has 0 unspecified atom stereocenters. The maximum atomic E-state index is 10.4. The average Bonchev–Trinajstić information content (AvgIpc) is 2.70. The van der Waals surface area contributed by atoms with Crippen LogP contribution in [0.5, 0.6) is 0 Å². The molecule has 0 fully saturated rings. The van der Waals surface area contributed by atoms with Crippen molar-refractivity contribution in [1.82, 2.24) is 4.98 Å². The third kappa shape index (κ3) is 6.93. The summed E-state index contributed by atoms with van der Waals surface area (Å²) >= 11 is 1.80. The maximum Gasteiger partial charge on any atom is 1.00 e. The summed E-state index contributed by atoms with van der Waals surface area (Å²) in [5, 5.41) is 12.6. The third-order valence-electron chi connectivity index (χ3n) is 4.55. The van der Waals surface area contributed by atoms with Crippen molar-refractivity contribution in [3.05, 3.63) is 60.7 Å². The number of para-hydroxylation sites is 1. The zero-order valence-electron chi connectivity index (χ0n) is 16.4. The standard InChI is InChI=1S/C23H25NO2S.Na/c25-23(26)15-7-2-1-3-10-16-27-22-17-20(18-11-5-4-6-12-18)19-13-8-9-14-21(19)24-22;/h4-6,8-9,11-14,17H,1-3,7,10,15-16H2,(H,25,26);/q;+1/p-1. The minimum Gasteiger partial charge on any atom is -0.550 e. The van der Waals surface area contributed by atoms with Crippen LogP contribution in [0.3, 0.4) is 0 Å². The Morgan fingerprint density at radius 1 is 0.893 bits per heavy atom. The minimum absolute atomic E-state index is 0. The van der Waals surface area contributed by atoms with Gasteiger partial charge in [-0.2, -0.15) is 0 Å². The van der Waals surface area contributed by atoms with E-state index >= 15 is 0 Å². The van der Waals surface area contributed by atoms with Crippen molar-refractivity contribution in [2.24, 2.45) is 0 Å². The van der Waals surface area contributed by atoms with Crippen LogP contribution in [0.2, 0.25) is 0 Å². The Labute approximate surface area is 193 Å². The van der Waals surface area contributed by atoms with Crippen molar-refractivity contribution in [3.8, 4) is 11.1 Å². The van der Waals surface area contributed by atoms with Gasteiger partial charge in [-0.05, 0) is 48.3 Å². The third-order valence-corrected chi connectivity index (χ3v) is 5.55. The van der Waals surface area contributed by atoms with Crippen molar-refractivity contribution in [3.63, 3.8) is 0 Å². The van der Waals surface area contributed by atoms with Crippen LogP contribution < -0.4 is 34.7 Å². The largest absolute Gasteiger partial charge is 1.00 e.